The number of pyridine rings is 1. The van der Waals surface area contributed by atoms with Gasteiger partial charge in [-0.15, -0.1) is 12.4 Å². The lowest BCUT2D eigenvalue weighted by Gasteiger charge is -2.32. The van der Waals surface area contributed by atoms with E-state index in [0.29, 0.717) is 17.0 Å². The lowest BCUT2D eigenvalue weighted by atomic mass is 9.93. The van der Waals surface area contributed by atoms with Crippen LogP contribution in [0.4, 0.5) is 0 Å². The molecule has 1 aromatic carbocycles. The quantitative estimate of drug-likeness (QED) is 0.786. The molecule has 2 N–H and O–H groups in total. The Morgan fingerprint density at radius 3 is 2.72 bits per heavy atom. The SMILES string of the molecule is CNCCC1CCN(C(=O)c2cc(=O)[nH]c3ccc(Br)cc23)CC1.Cl. The molecule has 1 saturated heterocycles. The summed E-state index contributed by atoms with van der Waals surface area (Å²) in [5, 5.41) is 3.97. The maximum Gasteiger partial charge on any atom is 0.254 e. The number of piperidine rings is 1. The predicted octanol–water partition coefficient (Wildman–Crippen LogP) is 3.17. The van der Waals surface area contributed by atoms with Crippen molar-refractivity contribution in [2.24, 2.45) is 5.92 Å². The Balaban J connectivity index is 0.00000225. The minimum atomic E-state index is -0.239. The summed E-state index contributed by atoms with van der Waals surface area (Å²) in [7, 11) is 1.97. The zero-order chi connectivity index (χ0) is 17.1. The van der Waals surface area contributed by atoms with Gasteiger partial charge in [-0.25, -0.2) is 0 Å². The summed E-state index contributed by atoms with van der Waals surface area (Å²) in [5.74, 6) is 0.628. The lowest BCUT2D eigenvalue weighted by Crippen LogP contribution is -2.39. The standard InChI is InChI=1S/C18H22BrN3O2.ClH/c1-20-7-4-12-5-8-22(9-6-12)18(24)15-11-17(23)21-16-3-2-13(19)10-14(15)16;/h2-3,10-12,20H,4-9H2,1H3,(H,21,23);1H. The second kappa shape index (κ2) is 8.83. The highest BCUT2D eigenvalue weighted by Crippen LogP contribution is 2.25. The van der Waals surface area contributed by atoms with E-state index in [1.165, 1.54) is 6.07 Å². The van der Waals surface area contributed by atoms with E-state index in [4.69, 9.17) is 0 Å². The van der Waals surface area contributed by atoms with Crippen molar-refractivity contribution in [3.05, 3.63) is 44.7 Å². The first-order chi connectivity index (χ1) is 11.6. The Labute approximate surface area is 161 Å². The summed E-state index contributed by atoms with van der Waals surface area (Å²) >= 11 is 3.44. The Hall–Kier alpha value is -1.37. The van der Waals surface area contributed by atoms with Crippen molar-refractivity contribution in [3.8, 4) is 0 Å². The number of benzene rings is 1. The second-order valence-corrected chi connectivity index (χ2v) is 7.28. The van der Waals surface area contributed by atoms with E-state index in [-0.39, 0.29) is 23.9 Å². The second-order valence-electron chi connectivity index (χ2n) is 6.36. The van der Waals surface area contributed by atoms with Crippen molar-refractivity contribution in [3.63, 3.8) is 0 Å². The molecule has 0 spiro atoms. The molecule has 1 aliphatic heterocycles. The van der Waals surface area contributed by atoms with Crippen molar-refractivity contribution in [1.29, 1.82) is 0 Å². The number of carbonyl (C=O) groups is 1. The van der Waals surface area contributed by atoms with Gasteiger partial charge in [0.15, 0.2) is 0 Å². The van der Waals surface area contributed by atoms with Gasteiger partial charge >= 0.3 is 0 Å². The molecule has 1 amide bonds. The summed E-state index contributed by atoms with van der Waals surface area (Å²) < 4.78 is 0.891. The number of H-pyrrole nitrogens is 1. The number of hydrogen-bond acceptors (Lipinski definition) is 3. The molecule has 0 bridgehead atoms. The number of nitrogens with one attached hydrogen (secondary N) is 2. The first-order valence-electron chi connectivity index (χ1n) is 8.35. The van der Waals surface area contributed by atoms with Crippen LogP contribution in [-0.2, 0) is 0 Å². The number of fused-ring (bicyclic) bond motifs is 1. The van der Waals surface area contributed by atoms with Gasteiger partial charge in [-0.05, 0) is 57.0 Å². The van der Waals surface area contributed by atoms with Gasteiger partial charge < -0.3 is 15.2 Å². The summed E-state index contributed by atoms with van der Waals surface area (Å²) in [5.41, 5.74) is 0.943. The number of rotatable bonds is 4. The summed E-state index contributed by atoms with van der Waals surface area (Å²) in [6, 6.07) is 6.99. The van der Waals surface area contributed by atoms with Crippen molar-refractivity contribution in [1.82, 2.24) is 15.2 Å². The van der Waals surface area contributed by atoms with Gasteiger partial charge in [-0.3, -0.25) is 9.59 Å². The number of aromatic amines is 1. The molecule has 1 aliphatic rings. The lowest BCUT2D eigenvalue weighted by molar-refractivity contribution is 0.0689. The van der Waals surface area contributed by atoms with Gasteiger partial charge in [0.25, 0.3) is 5.91 Å². The zero-order valence-electron chi connectivity index (χ0n) is 14.2. The average molecular weight is 429 g/mol. The highest BCUT2D eigenvalue weighted by atomic mass is 79.9. The smallest absolute Gasteiger partial charge is 0.254 e. The molecule has 0 unspecified atom stereocenters. The van der Waals surface area contributed by atoms with Crippen molar-refractivity contribution >= 4 is 45.1 Å². The number of likely N-dealkylation sites (tertiary alicyclic amines) is 1. The molecule has 0 radical (unpaired) electrons. The van der Waals surface area contributed by atoms with Crippen LogP contribution in [0.15, 0.2) is 33.5 Å². The molecule has 2 aromatic rings. The minimum absolute atomic E-state index is 0. The molecular formula is C18H23BrClN3O2. The largest absolute Gasteiger partial charge is 0.339 e. The molecule has 1 aromatic heterocycles. The van der Waals surface area contributed by atoms with E-state index < -0.39 is 0 Å². The number of aromatic nitrogens is 1. The normalized spacial score (nSPS) is 15.2. The molecule has 7 heteroatoms. The maximum atomic E-state index is 12.9. The van der Waals surface area contributed by atoms with E-state index in [1.807, 2.05) is 30.1 Å². The van der Waals surface area contributed by atoms with Gasteiger partial charge in [-0.2, -0.15) is 0 Å². The van der Waals surface area contributed by atoms with Crippen LogP contribution in [0.25, 0.3) is 10.9 Å². The topological polar surface area (TPSA) is 65.2 Å². The van der Waals surface area contributed by atoms with Gasteiger partial charge in [0.2, 0.25) is 5.56 Å². The van der Waals surface area contributed by atoms with Gasteiger partial charge in [0.1, 0.15) is 0 Å². The number of amides is 1. The highest BCUT2D eigenvalue weighted by molar-refractivity contribution is 9.10. The highest BCUT2D eigenvalue weighted by Gasteiger charge is 2.24. The minimum Gasteiger partial charge on any atom is -0.339 e. The van der Waals surface area contributed by atoms with Crippen LogP contribution < -0.4 is 10.9 Å². The van der Waals surface area contributed by atoms with Crippen LogP contribution >= 0.6 is 28.3 Å². The van der Waals surface area contributed by atoms with Gasteiger partial charge in [0, 0.05) is 34.5 Å². The zero-order valence-corrected chi connectivity index (χ0v) is 16.6. The van der Waals surface area contributed by atoms with Crippen molar-refractivity contribution < 1.29 is 4.79 Å². The summed E-state index contributed by atoms with van der Waals surface area (Å²) in [4.78, 5) is 29.5. The molecule has 3 rings (SSSR count). The first kappa shape index (κ1) is 19.9. The maximum absolute atomic E-state index is 12.9. The van der Waals surface area contributed by atoms with E-state index in [9.17, 15) is 9.59 Å². The predicted molar refractivity (Wildman–Crippen MR) is 107 cm³/mol. The van der Waals surface area contributed by atoms with Gasteiger partial charge in [0.05, 0.1) is 5.56 Å². The fourth-order valence-corrected chi connectivity index (χ4v) is 3.71. The Morgan fingerprint density at radius 1 is 1.32 bits per heavy atom. The molecule has 1 fully saturated rings. The van der Waals surface area contributed by atoms with E-state index in [2.05, 4.69) is 26.2 Å². The number of hydrogen-bond donors (Lipinski definition) is 2. The van der Waals surface area contributed by atoms with Crippen molar-refractivity contribution in [2.45, 2.75) is 19.3 Å². The molecule has 0 aliphatic carbocycles. The third-order valence-corrected chi connectivity index (χ3v) is 5.23. The van der Waals surface area contributed by atoms with Crippen LogP contribution in [0.2, 0.25) is 0 Å². The third kappa shape index (κ3) is 4.63. The molecule has 25 heavy (non-hydrogen) atoms. The van der Waals surface area contributed by atoms with Gasteiger partial charge in [-0.1, -0.05) is 15.9 Å². The molecule has 5 nitrogen and oxygen atoms in total. The van der Waals surface area contributed by atoms with E-state index >= 15 is 0 Å². The van der Waals surface area contributed by atoms with E-state index in [1.54, 1.807) is 0 Å². The Morgan fingerprint density at radius 2 is 2.04 bits per heavy atom. The van der Waals surface area contributed by atoms with Crippen molar-refractivity contribution in [2.75, 3.05) is 26.7 Å². The fourth-order valence-electron chi connectivity index (χ4n) is 3.35. The average Bonchev–Trinajstić information content (AvgIpc) is 2.59. The fraction of sp³-hybridized carbons (Fsp3) is 0.444. The Kier molecular flexibility index (Phi) is 7.04. The Bertz CT molecular complexity index is 800. The third-order valence-electron chi connectivity index (χ3n) is 4.74. The number of halogens is 2. The molecule has 136 valence electrons. The van der Waals surface area contributed by atoms with Crippen LogP contribution in [0.3, 0.4) is 0 Å². The monoisotopic (exact) mass is 427 g/mol. The summed E-state index contributed by atoms with van der Waals surface area (Å²) in [6.45, 7) is 2.54. The first-order valence-corrected chi connectivity index (χ1v) is 9.14. The molecular weight excluding hydrogens is 406 g/mol. The van der Waals surface area contributed by atoms with Crippen LogP contribution in [-0.4, -0.2) is 42.5 Å². The molecule has 0 saturated carbocycles. The van der Waals surface area contributed by atoms with Crippen LogP contribution in [0.1, 0.15) is 29.6 Å². The van der Waals surface area contributed by atoms with E-state index in [0.717, 1.165) is 48.8 Å². The molecule has 0 atom stereocenters. The van der Waals surface area contributed by atoms with Crippen LogP contribution in [0.5, 0.6) is 0 Å². The number of carbonyl (C=O) groups excluding carboxylic acids is 1. The van der Waals surface area contributed by atoms with Crippen LogP contribution in [0, 0.1) is 5.92 Å². The number of nitrogens with zero attached hydrogens (tertiary/aromatic N) is 1. The molecule has 2 heterocycles. The summed E-state index contributed by atoms with van der Waals surface area (Å²) in [6.07, 6.45) is 3.20.